The van der Waals surface area contributed by atoms with Crippen molar-refractivity contribution < 1.29 is 15.0 Å². The number of aliphatic imine (C=N–C) groups is 3. The minimum absolute atomic E-state index is 0.00747. The van der Waals surface area contributed by atoms with Gasteiger partial charge in [0.1, 0.15) is 5.76 Å². The second-order valence-corrected chi connectivity index (χ2v) is 10.8. The van der Waals surface area contributed by atoms with E-state index >= 15 is 0 Å². The van der Waals surface area contributed by atoms with Crippen LogP contribution in [-0.4, -0.2) is 38.3 Å². The number of aromatic amines is 1. The highest BCUT2D eigenvalue weighted by atomic mass is 16.4. The molecular weight excluding hydrogens is 500 g/mol. The van der Waals surface area contributed by atoms with Crippen LogP contribution in [0.4, 0.5) is 0 Å². The first-order chi connectivity index (χ1) is 19.1. The van der Waals surface area contributed by atoms with Crippen molar-refractivity contribution in [2.24, 2.45) is 15.0 Å². The summed E-state index contributed by atoms with van der Waals surface area (Å²) in [6.45, 7) is 14.3. The summed E-state index contributed by atoms with van der Waals surface area (Å²) >= 11 is 0. The van der Waals surface area contributed by atoms with E-state index in [0.29, 0.717) is 18.5 Å². The molecule has 4 aliphatic heterocycles. The molecule has 0 aromatic carbocycles. The van der Waals surface area contributed by atoms with Crippen molar-refractivity contribution in [3.8, 4) is 0 Å². The van der Waals surface area contributed by atoms with Crippen LogP contribution in [0, 0.1) is 6.92 Å². The van der Waals surface area contributed by atoms with Crippen LogP contribution in [0.25, 0.3) is 18.2 Å². The zero-order valence-corrected chi connectivity index (χ0v) is 23.5. The Morgan fingerprint density at radius 1 is 1.00 bits per heavy atom. The summed E-state index contributed by atoms with van der Waals surface area (Å²) in [5.41, 5.74) is 13.4. The number of nitrogens with one attached hydrogen (secondary N) is 1. The number of aromatic nitrogens is 1. The molecule has 0 saturated carbocycles. The van der Waals surface area contributed by atoms with Gasteiger partial charge in [0.25, 0.3) is 0 Å². The second kappa shape index (κ2) is 9.30. The molecule has 0 saturated heterocycles. The van der Waals surface area contributed by atoms with Crippen molar-refractivity contribution in [1.29, 1.82) is 0 Å². The molecular formula is C33H32N4O3. The molecule has 0 atom stereocenters. The number of fused-ring (bicyclic) bond motifs is 5. The van der Waals surface area contributed by atoms with Gasteiger partial charge in [0.05, 0.1) is 34.2 Å². The molecule has 202 valence electrons. The van der Waals surface area contributed by atoms with Crippen LogP contribution >= 0.6 is 0 Å². The van der Waals surface area contributed by atoms with Crippen LogP contribution in [0.2, 0.25) is 0 Å². The number of H-pyrrole nitrogens is 1. The monoisotopic (exact) mass is 532 g/mol. The number of aliphatic hydroxyl groups is 1. The third kappa shape index (κ3) is 3.79. The van der Waals surface area contributed by atoms with Crippen LogP contribution in [-0.2, 0) is 4.79 Å². The Labute approximate surface area is 232 Å². The van der Waals surface area contributed by atoms with Gasteiger partial charge < -0.3 is 15.2 Å². The first-order valence-corrected chi connectivity index (χ1v) is 13.6. The van der Waals surface area contributed by atoms with Gasteiger partial charge in [0, 0.05) is 40.2 Å². The highest BCUT2D eigenvalue weighted by molar-refractivity contribution is 6.26. The Morgan fingerprint density at radius 3 is 2.40 bits per heavy atom. The maximum absolute atomic E-state index is 11.5. The Morgan fingerprint density at radius 2 is 1.70 bits per heavy atom. The van der Waals surface area contributed by atoms with E-state index in [2.05, 4.69) is 38.4 Å². The van der Waals surface area contributed by atoms with Crippen molar-refractivity contribution in [3.63, 3.8) is 0 Å². The number of carbonyl (C=O) groups is 1. The van der Waals surface area contributed by atoms with Gasteiger partial charge in [-0.15, -0.1) is 0 Å². The summed E-state index contributed by atoms with van der Waals surface area (Å²) in [4.78, 5) is 30.2. The minimum atomic E-state index is -0.861. The van der Waals surface area contributed by atoms with Crippen molar-refractivity contribution in [2.75, 3.05) is 0 Å². The first-order valence-electron chi connectivity index (χ1n) is 13.6. The summed E-state index contributed by atoms with van der Waals surface area (Å²) < 4.78 is 0. The van der Waals surface area contributed by atoms with E-state index in [4.69, 9.17) is 15.0 Å². The van der Waals surface area contributed by atoms with Crippen molar-refractivity contribution in [3.05, 3.63) is 96.3 Å². The van der Waals surface area contributed by atoms with Crippen molar-refractivity contribution >= 4 is 41.3 Å². The first kappa shape index (κ1) is 25.7. The Kier molecular flexibility index (Phi) is 5.98. The number of nitrogens with zero attached hydrogens (tertiary/aromatic N) is 3. The minimum Gasteiger partial charge on any atom is -0.511 e. The largest absolute Gasteiger partial charge is 0.511 e. The summed E-state index contributed by atoms with van der Waals surface area (Å²) in [7, 11) is 0. The van der Waals surface area contributed by atoms with E-state index < -0.39 is 5.97 Å². The lowest BCUT2D eigenvalue weighted by Gasteiger charge is -2.09. The Bertz CT molecular complexity index is 1870. The van der Waals surface area contributed by atoms with E-state index in [1.54, 1.807) is 0 Å². The van der Waals surface area contributed by atoms with E-state index in [-0.39, 0.29) is 12.2 Å². The van der Waals surface area contributed by atoms with Crippen molar-refractivity contribution in [1.82, 2.24) is 4.98 Å². The van der Waals surface area contributed by atoms with Gasteiger partial charge in [-0.25, -0.2) is 15.0 Å². The van der Waals surface area contributed by atoms with Gasteiger partial charge in [-0.05, 0) is 92.2 Å². The van der Waals surface area contributed by atoms with E-state index in [9.17, 15) is 15.0 Å². The van der Waals surface area contributed by atoms with Crippen LogP contribution < -0.4 is 10.7 Å². The molecule has 0 fully saturated rings. The summed E-state index contributed by atoms with van der Waals surface area (Å²) in [6, 6.07) is 0. The summed E-state index contributed by atoms with van der Waals surface area (Å²) in [6.07, 6.45) is 9.45. The van der Waals surface area contributed by atoms with Gasteiger partial charge in [0.2, 0.25) is 0 Å². The topological polar surface area (TPSA) is 110 Å². The number of carboxylic acids is 1. The highest BCUT2D eigenvalue weighted by Gasteiger charge is 2.37. The molecule has 5 aliphatic rings. The molecule has 7 heteroatoms. The summed E-state index contributed by atoms with van der Waals surface area (Å²) in [5.74, 6) is -0.594. The zero-order chi connectivity index (χ0) is 28.5. The third-order valence-corrected chi connectivity index (χ3v) is 8.52. The Hall–Kier alpha value is -4.52. The molecule has 3 N–H and O–H groups in total. The molecule has 0 spiro atoms. The fourth-order valence-corrected chi connectivity index (χ4v) is 6.26. The lowest BCUT2D eigenvalue weighted by molar-refractivity contribution is -0.136. The molecule has 40 heavy (non-hydrogen) atoms. The van der Waals surface area contributed by atoms with Crippen LogP contribution in [0.1, 0.15) is 64.5 Å². The number of allylic oxidation sites excluding steroid dienone is 8. The maximum atomic E-state index is 11.5. The molecule has 8 bridgehead atoms. The molecule has 5 heterocycles. The lowest BCUT2D eigenvalue weighted by Crippen LogP contribution is -2.15. The molecule has 6 rings (SSSR count). The zero-order valence-electron chi connectivity index (χ0n) is 23.5. The average molecular weight is 533 g/mol. The standard InChI is InChI=1S/C33H32N4O3/c1-7-19-15(3)23-12-25-17(5)21(9-10-30(39)40)32(36-25)22-11-29(38)31-18(6)26(37-33(22)31)14-28-20(8-2)16(4)24(35-28)13-27(19)34-23/h7,12-14,34,38H,1,8-11H2,2-6H3,(H,39,40). The number of aliphatic hydroxyl groups excluding tert-OH is 1. The highest BCUT2D eigenvalue weighted by Crippen LogP contribution is 2.44. The van der Waals surface area contributed by atoms with Gasteiger partial charge in [0.15, 0.2) is 0 Å². The molecule has 0 unspecified atom stereocenters. The molecule has 0 amide bonds. The normalized spacial score (nSPS) is 19.7. The van der Waals surface area contributed by atoms with Gasteiger partial charge in [-0.2, -0.15) is 0 Å². The predicted molar refractivity (Wildman–Crippen MR) is 161 cm³/mol. The van der Waals surface area contributed by atoms with E-state index in [1.807, 2.05) is 32.1 Å². The number of hydrogen-bond donors (Lipinski definition) is 3. The number of hydrogen-bond acceptors (Lipinski definition) is 5. The maximum Gasteiger partial charge on any atom is 0.303 e. The fourth-order valence-electron chi connectivity index (χ4n) is 6.26. The molecule has 1 aromatic heterocycles. The van der Waals surface area contributed by atoms with Gasteiger partial charge >= 0.3 is 5.97 Å². The van der Waals surface area contributed by atoms with Crippen LogP contribution in [0.5, 0.6) is 0 Å². The summed E-state index contributed by atoms with van der Waals surface area (Å²) in [5, 5.41) is 22.4. The quantitative estimate of drug-likeness (QED) is 0.470. The van der Waals surface area contributed by atoms with Crippen LogP contribution in [0.3, 0.4) is 0 Å². The van der Waals surface area contributed by atoms with Gasteiger partial charge in [-0.3, -0.25) is 4.79 Å². The molecule has 7 nitrogen and oxygen atoms in total. The molecule has 0 radical (unpaired) electrons. The molecule has 1 aromatic rings. The number of rotatable bonds is 5. The van der Waals surface area contributed by atoms with E-state index in [0.717, 1.165) is 90.2 Å². The van der Waals surface area contributed by atoms with Gasteiger partial charge in [-0.1, -0.05) is 19.6 Å². The fraction of sp³-hybridized carbons (Fsp3) is 0.273. The smallest absolute Gasteiger partial charge is 0.303 e. The van der Waals surface area contributed by atoms with E-state index in [1.165, 1.54) is 5.57 Å². The Balaban J connectivity index is 1.69. The average Bonchev–Trinajstić information content (AvgIpc) is 3.65. The number of aliphatic carboxylic acids is 1. The SMILES string of the molecule is C=Cc1c(C)c2[nH]c1=CC1=NC(=CC3=C(C)C4=C(O)CC(=C5N=C(C=2)C(C)=C5CCC(=O)O)C4=N3)C(CC)=C1C. The third-order valence-electron chi connectivity index (χ3n) is 8.52. The lowest BCUT2D eigenvalue weighted by atomic mass is 9.96. The number of carboxylic acid groups (broad SMARTS) is 1. The second-order valence-electron chi connectivity index (χ2n) is 10.8. The predicted octanol–water partition coefficient (Wildman–Crippen LogP) is 5.44. The van der Waals surface area contributed by atoms with Crippen molar-refractivity contribution in [2.45, 2.75) is 60.3 Å². The molecule has 1 aliphatic carbocycles. The van der Waals surface area contributed by atoms with Crippen LogP contribution in [0.15, 0.2) is 89.5 Å².